The lowest BCUT2D eigenvalue weighted by molar-refractivity contribution is -0.142. The summed E-state index contributed by atoms with van der Waals surface area (Å²) in [5.74, 6) is -0.789. The van der Waals surface area contributed by atoms with Crippen LogP contribution in [0.25, 0.3) is 0 Å². The number of rotatable bonds is 7. The molecule has 2 aromatic rings. The maximum Gasteiger partial charge on any atom is 0.256 e. The van der Waals surface area contributed by atoms with E-state index in [1.165, 1.54) is 22.3 Å². The highest BCUT2D eigenvalue weighted by Crippen LogP contribution is 2.23. The normalized spacial score (nSPS) is 18.1. The highest BCUT2D eigenvalue weighted by Gasteiger charge is 2.27. The number of nitrogens with zero attached hydrogens (tertiary/aromatic N) is 3. The summed E-state index contributed by atoms with van der Waals surface area (Å²) in [7, 11) is 0. The number of benzene rings is 1. The van der Waals surface area contributed by atoms with E-state index >= 15 is 0 Å². The van der Waals surface area contributed by atoms with E-state index in [4.69, 9.17) is 27.9 Å². The van der Waals surface area contributed by atoms with E-state index in [0.29, 0.717) is 28.9 Å². The van der Waals surface area contributed by atoms with E-state index < -0.39 is 5.91 Å². The Bertz CT molecular complexity index is 1050. The van der Waals surface area contributed by atoms with Crippen LogP contribution in [0.5, 0.6) is 0 Å². The van der Waals surface area contributed by atoms with Gasteiger partial charge in [-0.25, -0.2) is 4.98 Å². The molecule has 2 heterocycles. The lowest BCUT2D eigenvalue weighted by Gasteiger charge is -2.35. The first-order chi connectivity index (χ1) is 16.0. The molecule has 34 heavy (non-hydrogen) atoms. The predicted octanol–water partition coefficient (Wildman–Crippen LogP) is 4.12. The maximum absolute atomic E-state index is 13.0. The van der Waals surface area contributed by atoms with E-state index in [1.807, 2.05) is 27.7 Å². The molecule has 1 aromatic heterocycles. The zero-order valence-corrected chi connectivity index (χ0v) is 21.8. The Balaban J connectivity index is 1.59. The Hall–Kier alpha value is -2.20. The van der Waals surface area contributed by atoms with Gasteiger partial charge in [-0.2, -0.15) is 0 Å². The molecule has 1 saturated heterocycles. The van der Waals surface area contributed by atoms with E-state index in [-0.39, 0.29) is 53.6 Å². The SMILES string of the molecule is CC1CN(C(=O)Cc2csc(NC(=O)CN(C(=O)c3ccc(Cl)cc3Cl)C(C)C)n2)CC(C)O1. The van der Waals surface area contributed by atoms with Gasteiger partial charge in [0, 0.05) is 29.5 Å². The molecule has 1 fully saturated rings. The molecule has 184 valence electrons. The predicted molar refractivity (Wildman–Crippen MR) is 134 cm³/mol. The summed E-state index contributed by atoms with van der Waals surface area (Å²) in [6.45, 7) is 8.44. The second kappa shape index (κ2) is 11.5. The lowest BCUT2D eigenvalue weighted by Crippen LogP contribution is -2.48. The lowest BCUT2D eigenvalue weighted by atomic mass is 10.1. The second-order valence-electron chi connectivity index (χ2n) is 8.58. The van der Waals surface area contributed by atoms with Gasteiger partial charge < -0.3 is 19.9 Å². The van der Waals surface area contributed by atoms with Crippen LogP contribution in [0.15, 0.2) is 23.6 Å². The third-order valence-electron chi connectivity index (χ3n) is 5.26. The molecule has 2 atom stereocenters. The van der Waals surface area contributed by atoms with Crippen molar-refractivity contribution in [1.82, 2.24) is 14.8 Å². The molecule has 2 unspecified atom stereocenters. The molecule has 8 nitrogen and oxygen atoms in total. The number of morpholine rings is 1. The third-order valence-corrected chi connectivity index (χ3v) is 6.62. The molecule has 1 aliphatic heterocycles. The average molecular weight is 527 g/mol. The Morgan fingerprint density at radius 2 is 1.91 bits per heavy atom. The number of carbonyl (C=O) groups excluding carboxylic acids is 3. The molecule has 1 aliphatic rings. The first-order valence-corrected chi connectivity index (χ1v) is 12.6. The number of nitrogens with one attached hydrogen (secondary N) is 1. The van der Waals surface area contributed by atoms with Gasteiger partial charge in [0.1, 0.15) is 6.54 Å². The molecule has 1 N–H and O–H groups in total. The van der Waals surface area contributed by atoms with Crippen molar-refractivity contribution in [1.29, 1.82) is 0 Å². The van der Waals surface area contributed by atoms with E-state index in [0.717, 1.165) is 0 Å². The summed E-state index contributed by atoms with van der Waals surface area (Å²) in [4.78, 5) is 45.9. The minimum Gasteiger partial charge on any atom is -0.372 e. The summed E-state index contributed by atoms with van der Waals surface area (Å²) in [6, 6.07) is 4.37. The number of ether oxygens (including phenoxy) is 1. The number of halogens is 2. The number of aromatic nitrogens is 1. The number of thiazole rings is 1. The van der Waals surface area contributed by atoms with Crippen molar-refractivity contribution in [2.75, 3.05) is 25.0 Å². The van der Waals surface area contributed by atoms with Crippen LogP contribution < -0.4 is 5.32 Å². The molecule has 0 saturated carbocycles. The van der Waals surface area contributed by atoms with Gasteiger partial charge in [0.2, 0.25) is 11.8 Å². The van der Waals surface area contributed by atoms with Gasteiger partial charge in [0.25, 0.3) is 5.91 Å². The van der Waals surface area contributed by atoms with Gasteiger partial charge in [-0.05, 0) is 45.9 Å². The van der Waals surface area contributed by atoms with Gasteiger partial charge in [0.15, 0.2) is 5.13 Å². The largest absolute Gasteiger partial charge is 0.372 e. The summed E-state index contributed by atoms with van der Waals surface area (Å²) in [5.41, 5.74) is 0.858. The van der Waals surface area contributed by atoms with Crippen LogP contribution in [0.4, 0.5) is 5.13 Å². The van der Waals surface area contributed by atoms with Crippen molar-refractivity contribution >= 4 is 57.4 Å². The molecular weight excluding hydrogens is 499 g/mol. The first kappa shape index (κ1) is 26.4. The quantitative estimate of drug-likeness (QED) is 0.585. The van der Waals surface area contributed by atoms with Crippen molar-refractivity contribution in [3.05, 3.63) is 44.9 Å². The molecule has 0 bridgehead atoms. The van der Waals surface area contributed by atoms with Crippen molar-refractivity contribution < 1.29 is 19.1 Å². The summed E-state index contributed by atoms with van der Waals surface area (Å²) in [5, 5.41) is 5.49. The monoisotopic (exact) mass is 526 g/mol. The Kier molecular flexibility index (Phi) is 8.92. The highest BCUT2D eigenvalue weighted by molar-refractivity contribution is 7.13. The van der Waals surface area contributed by atoms with Gasteiger partial charge in [-0.1, -0.05) is 23.2 Å². The standard InChI is InChI=1S/C23H28Cl2N4O4S/c1-13(2)29(22(32)18-6-5-16(24)7-19(18)25)11-20(30)27-23-26-17(12-34-23)8-21(31)28-9-14(3)33-15(4)10-28/h5-7,12-15H,8-11H2,1-4H3,(H,26,27,30). The van der Waals surface area contributed by atoms with Crippen LogP contribution in [0.2, 0.25) is 10.0 Å². The Morgan fingerprint density at radius 1 is 1.24 bits per heavy atom. The van der Waals surface area contributed by atoms with E-state index in [9.17, 15) is 14.4 Å². The molecule has 3 rings (SSSR count). The number of anilines is 1. The smallest absolute Gasteiger partial charge is 0.256 e. The molecule has 0 aliphatic carbocycles. The van der Waals surface area contributed by atoms with Crippen molar-refractivity contribution in [2.24, 2.45) is 0 Å². The topological polar surface area (TPSA) is 91.8 Å². The van der Waals surface area contributed by atoms with Crippen LogP contribution in [-0.2, 0) is 20.7 Å². The molecule has 1 aromatic carbocycles. The van der Waals surface area contributed by atoms with Crippen LogP contribution in [0, 0.1) is 0 Å². The minimum atomic E-state index is -0.393. The second-order valence-corrected chi connectivity index (χ2v) is 10.3. The summed E-state index contributed by atoms with van der Waals surface area (Å²) in [6.07, 6.45) is 0.136. The van der Waals surface area contributed by atoms with Crippen LogP contribution in [-0.4, -0.2) is 70.4 Å². The fraction of sp³-hybridized carbons (Fsp3) is 0.478. The van der Waals surface area contributed by atoms with E-state index in [1.54, 1.807) is 22.4 Å². The average Bonchev–Trinajstić information content (AvgIpc) is 3.17. The van der Waals surface area contributed by atoms with Gasteiger partial charge in [0.05, 0.1) is 34.9 Å². The fourth-order valence-electron chi connectivity index (χ4n) is 3.71. The zero-order chi connectivity index (χ0) is 25.0. The molecule has 11 heteroatoms. The third kappa shape index (κ3) is 6.91. The molecular formula is C23H28Cl2N4O4S. The molecule has 0 spiro atoms. The van der Waals surface area contributed by atoms with Crippen molar-refractivity contribution in [2.45, 2.75) is 52.4 Å². The highest BCUT2D eigenvalue weighted by atomic mass is 35.5. The van der Waals surface area contributed by atoms with E-state index in [2.05, 4.69) is 10.3 Å². The summed E-state index contributed by atoms with van der Waals surface area (Å²) >= 11 is 13.3. The summed E-state index contributed by atoms with van der Waals surface area (Å²) < 4.78 is 5.67. The zero-order valence-electron chi connectivity index (χ0n) is 19.5. The number of hydrogen-bond acceptors (Lipinski definition) is 6. The van der Waals surface area contributed by atoms with Crippen LogP contribution in [0.3, 0.4) is 0 Å². The van der Waals surface area contributed by atoms with Crippen molar-refractivity contribution in [3.8, 4) is 0 Å². The Labute approximate surface area is 213 Å². The van der Waals surface area contributed by atoms with Gasteiger partial charge in [-0.3, -0.25) is 14.4 Å². The minimum absolute atomic E-state index is 0.00708. The van der Waals surface area contributed by atoms with Crippen LogP contribution in [0.1, 0.15) is 43.7 Å². The van der Waals surface area contributed by atoms with Crippen LogP contribution >= 0.6 is 34.5 Å². The van der Waals surface area contributed by atoms with Gasteiger partial charge in [-0.15, -0.1) is 11.3 Å². The maximum atomic E-state index is 13.0. The van der Waals surface area contributed by atoms with Crippen molar-refractivity contribution in [3.63, 3.8) is 0 Å². The number of amides is 3. The number of carbonyl (C=O) groups is 3. The Morgan fingerprint density at radius 3 is 2.53 bits per heavy atom. The molecule has 3 amide bonds. The first-order valence-electron chi connectivity index (χ1n) is 11.0. The van der Waals surface area contributed by atoms with Gasteiger partial charge >= 0.3 is 0 Å². The fourth-order valence-corrected chi connectivity index (χ4v) is 4.93. The molecule has 0 radical (unpaired) electrons. The number of hydrogen-bond donors (Lipinski definition) is 1.